The van der Waals surface area contributed by atoms with Crippen LogP contribution in [0, 0.1) is 0 Å². The molecule has 0 N–H and O–H groups in total. The smallest absolute Gasteiger partial charge is 0.349 e. The SMILES string of the molecule is CSC(CC(=O)c1ccc(Br)cc1)=C1C(=O)OC(C)(C)OC1=O. The minimum atomic E-state index is -1.29. The van der Waals surface area contributed by atoms with E-state index in [-0.39, 0.29) is 17.8 Å². The molecule has 7 heteroatoms. The number of allylic oxidation sites excluding steroid dienone is 1. The Balaban J connectivity index is 2.28. The molecule has 1 saturated heterocycles. The van der Waals surface area contributed by atoms with E-state index in [1.54, 1.807) is 30.5 Å². The number of hydrogen-bond acceptors (Lipinski definition) is 6. The van der Waals surface area contributed by atoms with E-state index in [4.69, 9.17) is 9.47 Å². The molecule has 0 bridgehead atoms. The quantitative estimate of drug-likeness (QED) is 0.334. The van der Waals surface area contributed by atoms with E-state index in [1.807, 2.05) is 0 Å². The standard InChI is InChI=1S/C16H15BrO5S/c1-16(2)21-14(19)13(15(20)22-16)12(23-3)8-11(18)9-4-6-10(17)7-5-9/h4-7H,8H2,1-3H3. The fourth-order valence-electron chi connectivity index (χ4n) is 2.03. The first kappa shape index (κ1) is 17.7. The van der Waals surface area contributed by atoms with Gasteiger partial charge in [0.2, 0.25) is 0 Å². The Kier molecular flexibility index (Phi) is 5.31. The molecule has 5 nitrogen and oxygen atoms in total. The Labute approximate surface area is 146 Å². The number of esters is 2. The summed E-state index contributed by atoms with van der Waals surface area (Å²) in [7, 11) is 0. The molecule has 1 fully saturated rings. The number of thioether (sulfide) groups is 1. The Morgan fingerprint density at radius 2 is 1.65 bits per heavy atom. The molecule has 2 rings (SSSR count). The first-order valence-corrected chi connectivity index (χ1v) is 8.78. The zero-order valence-electron chi connectivity index (χ0n) is 12.8. The molecule has 0 amide bonds. The first-order chi connectivity index (χ1) is 10.7. The third-order valence-corrected chi connectivity index (χ3v) is 4.47. The number of ketones is 1. The van der Waals surface area contributed by atoms with E-state index in [0.717, 1.165) is 16.2 Å². The minimum absolute atomic E-state index is 0.0667. The van der Waals surface area contributed by atoms with Crippen molar-refractivity contribution in [1.82, 2.24) is 0 Å². The second-order valence-electron chi connectivity index (χ2n) is 5.29. The van der Waals surface area contributed by atoms with Gasteiger partial charge < -0.3 is 9.47 Å². The number of Topliss-reactive ketones (excluding diaryl/α,β-unsaturated/α-hetero) is 1. The van der Waals surface area contributed by atoms with Crippen LogP contribution in [0.2, 0.25) is 0 Å². The fraction of sp³-hybridized carbons (Fsp3) is 0.312. The summed E-state index contributed by atoms with van der Waals surface area (Å²) < 4.78 is 11.0. The van der Waals surface area contributed by atoms with Gasteiger partial charge in [-0.25, -0.2) is 9.59 Å². The molecule has 122 valence electrons. The lowest BCUT2D eigenvalue weighted by Crippen LogP contribution is -2.42. The average Bonchev–Trinajstić information content (AvgIpc) is 2.44. The summed E-state index contributed by atoms with van der Waals surface area (Å²) in [5, 5.41) is 0. The van der Waals surface area contributed by atoms with Gasteiger partial charge in [-0.1, -0.05) is 28.1 Å². The number of hydrogen-bond donors (Lipinski definition) is 0. The van der Waals surface area contributed by atoms with Crippen molar-refractivity contribution in [3.63, 3.8) is 0 Å². The predicted molar refractivity (Wildman–Crippen MR) is 89.9 cm³/mol. The first-order valence-electron chi connectivity index (χ1n) is 6.76. The van der Waals surface area contributed by atoms with Gasteiger partial charge in [-0.3, -0.25) is 4.79 Å². The molecule has 0 unspecified atom stereocenters. The van der Waals surface area contributed by atoms with Crippen LogP contribution in [0.3, 0.4) is 0 Å². The van der Waals surface area contributed by atoms with E-state index in [9.17, 15) is 14.4 Å². The maximum Gasteiger partial charge on any atom is 0.349 e. The van der Waals surface area contributed by atoms with Gasteiger partial charge in [-0.15, -0.1) is 11.8 Å². The van der Waals surface area contributed by atoms with Crippen LogP contribution < -0.4 is 0 Å². The van der Waals surface area contributed by atoms with Crippen LogP contribution in [-0.2, 0) is 19.1 Å². The fourth-order valence-corrected chi connectivity index (χ4v) is 2.94. The summed E-state index contributed by atoms with van der Waals surface area (Å²) in [6.45, 7) is 2.96. The van der Waals surface area contributed by atoms with Gasteiger partial charge in [0.15, 0.2) is 11.4 Å². The normalized spacial score (nSPS) is 16.6. The van der Waals surface area contributed by atoms with Crippen LogP contribution in [-0.4, -0.2) is 29.8 Å². The van der Waals surface area contributed by atoms with Crippen LogP contribution in [0.5, 0.6) is 0 Å². The van der Waals surface area contributed by atoms with Crippen LogP contribution >= 0.6 is 27.7 Å². The van der Waals surface area contributed by atoms with Gasteiger partial charge in [0, 0.05) is 35.2 Å². The van der Waals surface area contributed by atoms with Crippen molar-refractivity contribution in [2.45, 2.75) is 26.1 Å². The number of benzene rings is 1. The molecule has 0 spiro atoms. The molecule has 0 saturated carbocycles. The van der Waals surface area contributed by atoms with Gasteiger partial charge in [-0.2, -0.15) is 0 Å². The van der Waals surface area contributed by atoms with Crippen LogP contribution in [0.15, 0.2) is 39.2 Å². The maximum atomic E-state index is 12.3. The number of ether oxygens (including phenoxy) is 2. The Morgan fingerprint density at radius 1 is 1.13 bits per heavy atom. The predicted octanol–water partition coefficient (Wildman–Crippen LogP) is 3.48. The van der Waals surface area contributed by atoms with Crippen LogP contribution in [0.4, 0.5) is 0 Å². The van der Waals surface area contributed by atoms with Crippen molar-refractivity contribution in [3.8, 4) is 0 Å². The molecule has 1 aliphatic rings. The summed E-state index contributed by atoms with van der Waals surface area (Å²) in [5.41, 5.74) is 0.292. The highest BCUT2D eigenvalue weighted by molar-refractivity contribution is 9.10. The lowest BCUT2D eigenvalue weighted by molar-refractivity contribution is -0.222. The van der Waals surface area contributed by atoms with E-state index >= 15 is 0 Å². The summed E-state index contributed by atoms with van der Waals surface area (Å²) in [5.74, 6) is -3.02. The molecule has 1 heterocycles. The zero-order valence-corrected chi connectivity index (χ0v) is 15.2. The maximum absolute atomic E-state index is 12.3. The molecule has 1 aliphatic heterocycles. The van der Waals surface area contributed by atoms with Gasteiger partial charge >= 0.3 is 11.9 Å². The second kappa shape index (κ2) is 6.88. The summed E-state index contributed by atoms with van der Waals surface area (Å²) in [6, 6.07) is 6.86. The summed E-state index contributed by atoms with van der Waals surface area (Å²) in [4.78, 5) is 36.8. The molecule has 0 radical (unpaired) electrons. The third-order valence-electron chi connectivity index (χ3n) is 3.10. The van der Waals surface area contributed by atoms with Gasteiger partial charge in [0.25, 0.3) is 5.79 Å². The Morgan fingerprint density at radius 3 is 2.13 bits per heavy atom. The number of carbonyl (C=O) groups is 3. The Hall–Kier alpha value is -1.60. The highest BCUT2D eigenvalue weighted by Crippen LogP contribution is 2.30. The number of carbonyl (C=O) groups excluding carboxylic acids is 3. The highest BCUT2D eigenvalue weighted by atomic mass is 79.9. The van der Waals surface area contributed by atoms with E-state index in [0.29, 0.717) is 10.5 Å². The molecule has 0 aliphatic carbocycles. The summed E-state index contributed by atoms with van der Waals surface area (Å²) in [6.07, 6.45) is 1.63. The van der Waals surface area contributed by atoms with Gasteiger partial charge in [-0.05, 0) is 18.4 Å². The molecule has 0 atom stereocenters. The van der Waals surface area contributed by atoms with Gasteiger partial charge in [0.1, 0.15) is 0 Å². The van der Waals surface area contributed by atoms with Gasteiger partial charge in [0.05, 0.1) is 0 Å². The number of halogens is 1. The minimum Gasteiger partial charge on any atom is -0.419 e. The van der Waals surface area contributed by atoms with Crippen molar-refractivity contribution in [2.75, 3.05) is 6.26 Å². The highest BCUT2D eigenvalue weighted by Gasteiger charge is 2.40. The number of rotatable bonds is 4. The third kappa shape index (κ3) is 4.23. The van der Waals surface area contributed by atoms with Crippen molar-refractivity contribution in [3.05, 3.63) is 44.8 Å². The van der Waals surface area contributed by atoms with Crippen molar-refractivity contribution in [2.24, 2.45) is 0 Å². The lowest BCUT2D eigenvalue weighted by atomic mass is 10.1. The topological polar surface area (TPSA) is 69.7 Å². The molecule has 23 heavy (non-hydrogen) atoms. The largest absolute Gasteiger partial charge is 0.419 e. The van der Waals surface area contributed by atoms with Crippen LogP contribution in [0.1, 0.15) is 30.6 Å². The zero-order chi connectivity index (χ0) is 17.2. The lowest BCUT2D eigenvalue weighted by Gasteiger charge is -2.30. The van der Waals surface area contributed by atoms with Crippen molar-refractivity contribution >= 4 is 45.4 Å². The van der Waals surface area contributed by atoms with Crippen LogP contribution in [0.25, 0.3) is 0 Å². The van der Waals surface area contributed by atoms with Crippen molar-refractivity contribution in [1.29, 1.82) is 0 Å². The molecule has 1 aromatic carbocycles. The molecular formula is C16H15BrO5S. The number of cyclic esters (lactones) is 2. The molecule has 0 aromatic heterocycles. The summed E-state index contributed by atoms with van der Waals surface area (Å²) >= 11 is 4.46. The second-order valence-corrected chi connectivity index (χ2v) is 7.10. The van der Waals surface area contributed by atoms with E-state index in [2.05, 4.69) is 15.9 Å². The monoisotopic (exact) mass is 398 g/mol. The average molecular weight is 399 g/mol. The van der Waals surface area contributed by atoms with E-state index in [1.165, 1.54) is 13.8 Å². The molecular weight excluding hydrogens is 384 g/mol. The van der Waals surface area contributed by atoms with Crippen molar-refractivity contribution < 1.29 is 23.9 Å². The van der Waals surface area contributed by atoms with E-state index < -0.39 is 17.7 Å². The molecule has 1 aromatic rings. The Bertz CT molecular complexity index is 669.